The number of nitrogens with one attached hydrogen (secondary N) is 3. The van der Waals surface area contributed by atoms with Gasteiger partial charge in [0.15, 0.2) is 5.54 Å². The molecule has 2 aromatic rings. The fourth-order valence-electron chi connectivity index (χ4n) is 5.25. The van der Waals surface area contributed by atoms with E-state index in [9.17, 15) is 9.59 Å². The average Bonchev–Trinajstić information content (AvgIpc) is 3.10. The maximum atomic E-state index is 13.9. The Balaban J connectivity index is 1.67. The van der Waals surface area contributed by atoms with Gasteiger partial charge in [-0.1, -0.05) is 42.3 Å². The van der Waals surface area contributed by atoms with Gasteiger partial charge in [-0.25, -0.2) is 5.43 Å². The first-order chi connectivity index (χ1) is 14.8. The Kier molecular flexibility index (Phi) is 3.73. The van der Waals surface area contributed by atoms with Crippen molar-refractivity contribution < 1.29 is 9.59 Å². The summed E-state index contributed by atoms with van der Waals surface area (Å²) >= 11 is 12.6. The number of fused-ring (bicyclic) bond motifs is 3. The van der Waals surface area contributed by atoms with Crippen molar-refractivity contribution in [1.29, 1.82) is 0 Å². The largest absolute Gasteiger partial charge is 0.323 e. The van der Waals surface area contributed by atoms with E-state index in [1.807, 2.05) is 19.1 Å². The Morgan fingerprint density at radius 2 is 1.77 bits per heavy atom. The number of hydrogen-bond donors (Lipinski definition) is 3. The van der Waals surface area contributed by atoms with E-state index >= 15 is 0 Å². The Bertz CT molecular complexity index is 1240. The van der Waals surface area contributed by atoms with Crippen LogP contribution in [0.15, 0.2) is 47.7 Å². The number of hydrogen-bond acceptors (Lipinski definition) is 4. The molecule has 1 fully saturated rings. The van der Waals surface area contributed by atoms with E-state index in [2.05, 4.69) is 23.1 Å². The van der Waals surface area contributed by atoms with Gasteiger partial charge in [-0.2, -0.15) is 0 Å². The second-order valence-electron chi connectivity index (χ2n) is 9.07. The Morgan fingerprint density at radius 3 is 2.52 bits per heavy atom. The number of halogens is 2. The standard InChI is InChI=1S/C23H20Cl2N4O2/c1-11-3-4-13(25)10-16(11)29-20(30)18-17(19(28-27-18)22(2)7-8-22)23(29)14-6-5-12(24)9-15(14)26-21(23)31/h3-6,9-10,19,27-28H,7-8H2,1-2H3,(H,26,31). The molecule has 2 unspecified atom stereocenters. The van der Waals surface area contributed by atoms with E-state index in [4.69, 9.17) is 23.2 Å². The molecule has 0 aromatic heterocycles. The third-order valence-electron chi connectivity index (χ3n) is 7.14. The Morgan fingerprint density at radius 1 is 1.06 bits per heavy atom. The number of hydrazine groups is 1. The minimum Gasteiger partial charge on any atom is -0.323 e. The van der Waals surface area contributed by atoms with E-state index in [-0.39, 0.29) is 23.3 Å². The predicted octanol–water partition coefficient (Wildman–Crippen LogP) is 4.03. The molecule has 31 heavy (non-hydrogen) atoms. The highest BCUT2D eigenvalue weighted by atomic mass is 35.5. The number of aryl methyl sites for hydroxylation is 1. The SMILES string of the molecule is Cc1ccc(Cl)cc1N1C(=O)C2=C(C(C3(C)CC3)NN2)C12C(=O)Nc1cc(Cl)ccc12. The minimum absolute atomic E-state index is 0.0216. The minimum atomic E-state index is -1.31. The molecular weight excluding hydrogens is 435 g/mol. The van der Waals surface area contributed by atoms with Crippen LogP contribution in [0.25, 0.3) is 0 Å². The fraction of sp³-hybridized carbons (Fsp3) is 0.304. The van der Waals surface area contributed by atoms with Crippen LogP contribution < -0.4 is 21.1 Å². The van der Waals surface area contributed by atoms with Gasteiger partial charge in [0.1, 0.15) is 5.70 Å². The molecular formula is C23H20Cl2N4O2. The molecule has 0 saturated heterocycles. The topological polar surface area (TPSA) is 73.5 Å². The summed E-state index contributed by atoms with van der Waals surface area (Å²) in [7, 11) is 0. The predicted molar refractivity (Wildman–Crippen MR) is 120 cm³/mol. The first kappa shape index (κ1) is 19.2. The molecule has 2 amide bonds. The number of nitrogens with zero attached hydrogens (tertiary/aromatic N) is 1. The van der Waals surface area contributed by atoms with Crippen LogP contribution in [0.4, 0.5) is 11.4 Å². The van der Waals surface area contributed by atoms with Crippen molar-refractivity contribution in [2.24, 2.45) is 5.41 Å². The van der Waals surface area contributed by atoms with Gasteiger partial charge in [0.25, 0.3) is 11.8 Å². The van der Waals surface area contributed by atoms with Crippen molar-refractivity contribution in [1.82, 2.24) is 10.9 Å². The summed E-state index contributed by atoms with van der Waals surface area (Å²) in [5, 5.41) is 4.01. The van der Waals surface area contributed by atoms with Crippen LogP contribution in [0.2, 0.25) is 10.0 Å². The summed E-state index contributed by atoms with van der Waals surface area (Å²) < 4.78 is 0. The van der Waals surface area contributed by atoms with Crippen molar-refractivity contribution in [3.8, 4) is 0 Å². The molecule has 6 rings (SSSR count). The Labute approximate surface area is 189 Å². The molecule has 4 aliphatic rings. The summed E-state index contributed by atoms with van der Waals surface area (Å²) in [6, 6.07) is 10.6. The second kappa shape index (κ2) is 6.03. The molecule has 158 valence electrons. The third-order valence-corrected chi connectivity index (χ3v) is 7.61. The van der Waals surface area contributed by atoms with Crippen molar-refractivity contribution >= 4 is 46.4 Å². The van der Waals surface area contributed by atoms with Crippen molar-refractivity contribution in [2.75, 3.05) is 10.2 Å². The van der Waals surface area contributed by atoms with Crippen LogP contribution in [0.1, 0.15) is 30.9 Å². The first-order valence-corrected chi connectivity index (χ1v) is 11.0. The van der Waals surface area contributed by atoms with Crippen LogP contribution in [0, 0.1) is 12.3 Å². The van der Waals surface area contributed by atoms with Crippen LogP contribution in [-0.2, 0) is 15.1 Å². The maximum absolute atomic E-state index is 13.9. The van der Waals surface area contributed by atoms with Crippen LogP contribution in [0.5, 0.6) is 0 Å². The lowest BCUT2D eigenvalue weighted by molar-refractivity contribution is -0.123. The maximum Gasteiger partial charge on any atom is 0.277 e. The number of amides is 2. The van der Waals surface area contributed by atoms with E-state index in [1.165, 1.54) is 0 Å². The van der Waals surface area contributed by atoms with Crippen molar-refractivity contribution in [3.63, 3.8) is 0 Å². The highest BCUT2D eigenvalue weighted by Crippen LogP contribution is 2.60. The number of anilines is 2. The van der Waals surface area contributed by atoms with Gasteiger partial charge >= 0.3 is 0 Å². The highest BCUT2D eigenvalue weighted by Gasteiger charge is 2.68. The molecule has 1 spiro atoms. The van der Waals surface area contributed by atoms with Gasteiger partial charge in [0, 0.05) is 26.9 Å². The molecule has 2 aromatic carbocycles. The smallest absolute Gasteiger partial charge is 0.277 e. The number of carbonyl (C=O) groups is 2. The summed E-state index contributed by atoms with van der Waals surface area (Å²) in [5.41, 5.74) is 9.11. The summed E-state index contributed by atoms with van der Waals surface area (Å²) in [5.74, 6) is -0.514. The molecule has 8 heteroatoms. The molecule has 3 N–H and O–H groups in total. The summed E-state index contributed by atoms with van der Waals surface area (Å²) in [6.07, 6.45) is 2.05. The molecule has 2 atom stereocenters. The molecule has 0 radical (unpaired) electrons. The lowest BCUT2D eigenvalue weighted by atomic mass is 9.76. The van der Waals surface area contributed by atoms with Crippen LogP contribution in [-0.4, -0.2) is 17.9 Å². The quantitative estimate of drug-likeness (QED) is 0.640. The van der Waals surface area contributed by atoms with Gasteiger partial charge in [-0.15, -0.1) is 0 Å². The summed E-state index contributed by atoms with van der Waals surface area (Å²) in [4.78, 5) is 29.3. The highest BCUT2D eigenvalue weighted by molar-refractivity contribution is 6.32. The first-order valence-electron chi connectivity index (χ1n) is 10.3. The number of rotatable bonds is 2. The zero-order valence-electron chi connectivity index (χ0n) is 17.0. The van der Waals surface area contributed by atoms with Crippen molar-refractivity contribution in [2.45, 2.75) is 38.3 Å². The van der Waals surface area contributed by atoms with Gasteiger partial charge < -0.3 is 10.7 Å². The van der Waals surface area contributed by atoms with Crippen LogP contribution in [0.3, 0.4) is 0 Å². The number of benzene rings is 2. The van der Waals surface area contributed by atoms with Crippen LogP contribution >= 0.6 is 23.2 Å². The lowest BCUT2D eigenvalue weighted by Crippen LogP contribution is -2.57. The summed E-state index contributed by atoms with van der Waals surface area (Å²) in [6.45, 7) is 4.10. The van der Waals surface area contributed by atoms with Gasteiger partial charge in [0.05, 0.1) is 11.7 Å². The van der Waals surface area contributed by atoms with Crippen molar-refractivity contribution in [3.05, 3.63) is 68.8 Å². The second-order valence-corrected chi connectivity index (χ2v) is 9.94. The van der Waals surface area contributed by atoms with Gasteiger partial charge in [-0.05, 0) is 55.0 Å². The van der Waals surface area contributed by atoms with Gasteiger partial charge in [-0.3, -0.25) is 14.5 Å². The molecule has 6 nitrogen and oxygen atoms in total. The molecule has 3 aliphatic heterocycles. The van der Waals surface area contributed by atoms with E-state index < -0.39 is 5.54 Å². The van der Waals surface area contributed by atoms with Gasteiger partial charge in [0.2, 0.25) is 0 Å². The molecule has 1 aliphatic carbocycles. The average molecular weight is 455 g/mol. The third kappa shape index (κ3) is 2.33. The van der Waals surface area contributed by atoms with E-state index in [0.29, 0.717) is 27.1 Å². The zero-order chi connectivity index (χ0) is 21.7. The molecule has 0 bridgehead atoms. The van der Waals surface area contributed by atoms with E-state index in [0.717, 1.165) is 29.5 Å². The zero-order valence-corrected chi connectivity index (χ0v) is 18.5. The normalized spacial score (nSPS) is 27.5. The monoisotopic (exact) mass is 454 g/mol. The number of carbonyl (C=O) groups excluding carboxylic acids is 2. The molecule has 1 saturated carbocycles. The molecule has 3 heterocycles. The lowest BCUT2D eigenvalue weighted by Gasteiger charge is -2.40. The van der Waals surface area contributed by atoms with E-state index in [1.54, 1.807) is 29.2 Å². The fourth-order valence-corrected chi connectivity index (χ4v) is 5.59. The Hall–Kier alpha value is -2.54.